The molecule has 2 aliphatic carbocycles. The minimum absolute atomic E-state index is 1.10. The van der Waals surface area contributed by atoms with Gasteiger partial charge in [0.25, 0.3) is 0 Å². The Kier molecular flexibility index (Phi) is 2.73. The van der Waals surface area contributed by atoms with Crippen LogP contribution in [0, 0.1) is 17.8 Å². The first-order valence-electron chi connectivity index (χ1n) is 5.92. The van der Waals surface area contributed by atoms with Crippen LogP contribution in [0.2, 0.25) is 0 Å². The van der Waals surface area contributed by atoms with Crippen molar-refractivity contribution in [2.24, 2.45) is 17.8 Å². The zero-order chi connectivity index (χ0) is 8.39. The maximum Gasteiger partial charge on any atom is -0.0358 e. The van der Waals surface area contributed by atoms with Crippen molar-refractivity contribution in [3.8, 4) is 0 Å². The van der Waals surface area contributed by atoms with E-state index in [-0.39, 0.29) is 0 Å². The van der Waals surface area contributed by atoms with Crippen LogP contribution in [0.4, 0.5) is 0 Å². The van der Waals surface area contributed by atoms with Gasteiger partial charge in [0.2, 0.25) is 0 Å². The largest absolute Gasteiger partial charge is 0.0651 e. The molecule has 2 saturated carbocycles. The Balaban J connectivity index is 1.99. The van der Waals surface area contributed by atoms with Crippen LogP contribution < -0.4 is 0 Å². The fraction of sp³-hybridized carbons (Fsp3) is 1.00. The van der Waals surface area contributed by atoms with Crippen molar-refractivity contribution in [1.29, 1.82) is 0 Å². The van der Waals surface area contributed by atoms with Crippen molar-refractivity contribution in [2.75, 3.05) is 0 Å². The van der Waals surface area contributed by atoms with E-state index >= 15 is 0 Å². The molecular weight excluding hydrogens is 144 g/mol. The first-order valence-corrected chi connectivity index (χ1v) is 5.92. The summed E-state index contributed by atoms with van der Waals surface area (Å²) in [5.41, 5.74) is 0. The van der Waals surface area contributed by atoms with Crippen LogP contribution in [0.1, 0.15) is 58.3 Å². The van der Waals surface area contributed by atoms with Crippen molar-refractivity contribution in [2.45, 2.75) is 58.3 Å². The first kappa shape index (κ1) is 8.59. The van der Waals surface area contributed by atoms with E-state index in [4.69, 9.17) is 0 Å². The van der Waals surface area contributed by atoms with E-state index in [2.05, 4.69) is 6.92 Å². The Morgan fingerprint density at radius 1 is 0.917 bits per heavy atom. The summed E-state index contributed by atoms with van der Waals surface area (Å²) in [7, 11) is 0. The predicted octanol–water partition coefficient (Wildman–Crippen LogP) is 4.00. The summed E-state index contributed by atoms with van der Waals surface area (Å²) in [5.74, 6) is 3.37. The summed E-state index contributed by atoms with van der Waals surface area (Å²) in [6.07, 6.45) is 12.2. The second-order valence-corrected chi connectivity index (χ2v) is 4.81. The maximum atomic E-state index is 2.39. The second kappa shape index (κ2) is 3.81. The van der Waals surface area contributed by atoms with Gasteiger partial charge in [0, 0.05) is 0 Å². The quantitative estimate of drug-likeness (QED) is 0.552. The van der Waals surface area contributed by atoms with Gasteiger partial charge in [-0.2, -0.15) is 0 Å². The van der Waals surface area contributed by atoms with Crippen molar-refractivity contribution in [1.82, 2.24) is 0 Å². The molecule has 0 aromatic carbocycles. The molecule has 0 amide bonds. The molecule has 0 heterocycles. The maximum absolute atomic E-state index is 2.39. The predicted molar refractivity (Wildman–Crippen MR) is 53.1 cm³/mol. The van der Waals surface area contributed by atoms with E-state index < -0.39 is 0 Å². The zero-order valence-electron chi connectivity index (χ0n) is 8.39. The van der Waals surface area contributed by atoms with Crippen LogP contribution in [0.25, 0.3) is 0 Å². The van der Waals surface area contributed by atoms with E-state index in [0.29, 0.717) is 0 Å². The Morgan fingerprint density at radius 3 is 2.50 bits per heavy atom. The standard InChI is InChI=1S/C12H22/c1-2-10-7-5-8-11-6-3-4-9-12(10)11/h10-12H,2-9H2,1H3/t10-,11-,12-/m1/s1. The lowest BCUT2D eigenvalue weighted by atomic mass is 9.65. The fourth-order valence-electron chi connectivity index (χ4n) is 3.58. The normalized spacial score (nSPS) is 42.2. The van der Waals surface area contributed by atoms with Crippen LogP contribution in [-0.2, 0) is 0 Å². The number of hydrogen-bond donors (Lipinski definition) is 0. The third kappa shape index (κ3) is 1.53. The van der Waals surface area contributed by atoms with Crippen molar-refractivity contribution >= 4 is 0 Å². The molecule has 0 aromatic rings. The lowest BCUT2D eigenvalue weighted by Crippen LogP contribution is -2.30. The van der Waals surface area contributed by atoms with Crippen LogP contribution in [0.3, 0.4) is 0 Å². The highest BCUT2D eigenvalue weighted by atomic mass is 14.4. The Hall–Kier alpha value is 0. The fourth-order valence-corrected chi connectivity index (χ4v) is 3.58. The van der Waals surface area contributed by atoms with Gasteiger partial charge in [0.15, 0.2) is 0 Å². The SMILES string of the molecule is CC[C@@H]1CCC[C@H]2CCCC[C@@H]21. The smallest absolute Gasteiger partial charge is 0.0358 e. The van der Waals surface area contributed by atoms with Gasteiger partial charge >= 0.3 is 0 Å². The third-order valence-electron chi connectivity index (χ3n) is 4.25. The lowest BCUT2D eigenvalue weighted by Gasteiger charge is -2.41. The molecule has 2 fully saturated rings. The second-order valence-electron chi connectivity index (χ2n) is 4.81. The molecule has 0 aromatic heterocycles. The van der Waals surface area contributed by atoms with Gasteiger partial charge in [-0.3, -0.25) is 0 Å². The molecule has 0 bridgehead atoms. The number of rotatable bonds is 1. The Labute approximate surface area is 76.7 Å². The third-order valence-corrected chi connectivity index (χ3v) is 4.25. The van der Waals surface area contributed by atoms with E-state index in [1.54, 1.807) is 19.3 Å². The average Bonchev–Trinajstić information content (AvgIpc) is 2.17. The molecule has 0 radical (unpaired) electrons. The van der Waals surface area contributed by atoms with Crippen LogP contribution in [-0.4, -0.2) is 0 Å². The molecule has 0 heteroatoms. The average molecular weight is 166 g/mol. The van der Waals surface area contributed by atoms with Gasteiger partial charge in [-0.15, -0.1) is 0 Å². The molecule has 0 nitrogen and oxygen atoms in total. The Morgan fingerprint density at radius 2 is 1.67 bits per heavy atom. The van der Waals surface area contributed by atoms with Gasteiger partial charge < -0.3 is 0 Å². The van der Waals surface area contributed by atoms with Gasteiger partial charge in [-0.25, -0.2) is 0 Å². The van der Waals surface area contributed by atoms with Gasteiger partial charge in [-0.05, 0) is 24.2 Å². The summed E-state index contributed by atoms with van der Waals surface area (Å²) < 4.78 is 0. The molecule has 0 N–H and O–H groups in total. The van der Waals surface area contributed by atoms with Gasteiger partial charge in [0.1, 0.15) is 0 Å². The summed E-state index contributed by atoms with van der Waals surface area (Å²) in [4.78, 5) is 0. The van der Waals surface area contributed by atoms with E-state index in [1.807, 2.05) is 0 Å². The van der Waals surface area contributed by atoms with Crippen molar-refractivity contribution in [3.63, 3.8) is 0 Å². The molecule has 0 saturated heterocycles. The molecule has 3 atom stereocenters. The van der Waals surface area contributed by atoms with Crippen LogP contribution in [0.15, 0.2) is 0 Å². The Bertz CT molecular complexity index is 130. The summed E-state index contributed by atoms with van der Waals surface area (Å²) >= 11 is 0. The molecule has 0 aliphatic heterocycles. The van der Waals surface area contributed by atoms with E-state index in [0.717, 1.165) is 17.8 Å². The van der Waals surface area contributed by atoms with E-state index in [9.17, 15) is 0 Å². The lowest BCUT2D eigenvalue weighted by molar-refractivity contribution is 0.101. The molecule has 2 rings (SSSR count). The topological polar surface area (TPSA) is 0 Å². The van der Waals surface area contributed by atoms with Crippen LogP contribution in [0.5, 0.6) is 0 Å². The molecular formula is C12H22. The van der Waals surface area contributed by atoms with Gasteiger partial charge in [0.05, 0.1) is 0 Å². The molecule has 0 spiro atoms. The molecule has 70 valence electrons. The van der Waals surface area contributed by atoms with Crippen LogP contribution >= 0.6 is 0 Å². The summed E-state index contributed by atoms with van der Waals surface area (Å²) in [6, 6.07) is 0. The number of hydrogen-bond acceptors (Lipinski definition) is 0. The minimum atomic E-state index is 1.10. The number of fused-ring (bicyclic) bond motifs is 1. The molecule has 0 unspecified atom stereocenters. The summed E-state index contributed by atoms with van der Waals surface area (Å²) in [5, 5.41) is 0. The zero-order valence-corrected chi connectivity index (χ0v) is 8.39. The highest BCUT2D eigenvalue weighted by Gasteiger charge is 2.33. The van der Waals surface area contributed by atoms with Gasteiger partial charge in [-0.1, -0.05) is 51.9 Å². The van der Waals surface area contributed by atoms with Crippen molar-refractivity contribution in [3.05, 3.63) is 0 Å². The molecule has 2 aliphatic rings. The van der Waals surface area contributed by atoms with E-state index in [1.165, 1.54) is 32.1 Å². The summed E-state index contributed by atoms with van der Waals surface area (Å²) in [6.45, 7) is 2.39. The minimum Gasteiger partial charge on any atom is -0.0651 e. The molecule has 12 heavy (non-hydrogen) atoms. The first-order chi connectivity index (χ1) is 5.92. The van der Waals surface area contributed by atoms with Crippen molar-refractivity contribution < 1.29 is 0 Å². The highest BCUT2D eigenvalue weighted by Crippen LogP contribution is 2.44. The monoisotopic (exact) mass is 166 g/mol. The highest BCUT2D eigenvalue weighted by molar-refractivity contribution is 4.84.